The predicted molar refractivity (Wildman–Crippen MR) is 81.0 cm³/mol. The zero-order chi connectivity index (χ0) is 14.4. The minimum Gasteiger partial charge on any atom is -0.487 e. The molecule has 0 spiro atoms. The molecule has 0 unspecified atom stereocenters. The maximum atomic E-state index is 12.1. The fourth-order valence-electron chi connectivity index (χ4n) is 1.58. The van der Waals surface area contributed by atoms with Gasteiger partial charge in [-0.25, -0.2) is 0 Å². The first kappa shape index (κ1) is 14.1. The van der Waals surface area contributed by atoms with Crippen molar-refractivity contribution in [1.29, 1.82) is 0 Å². The van der Waals surface area contributed by atoms with Crippen LogP contribution in [0.1, 0.15) is 9.67 Å². The Hall–Kier alpha value is -2.27. The molecule has 0 bridgehead atoms. The van der Waals surface area contributed by atoms with Crippen LogP contribution in [0.4, 0.5) is 5.69 Å². The number of rotatable bonds is 6. The standard InChI is InChI=1S/C15H15NO3S/c1-3-10-19-12-7-5-4-6-11(12)16-15(17)13-8-9-14(18-2)20-13/h3-9H,1,10H2,2H3,(H,16,17). The molecule has 20 heavy (non-hydrogen) atoms. The molecule has 1 heterocycles. The first-order valence-corrected chi connectivity index (χ1v) is 6.84. The summed E-state index contributed by atoms with van der Waals surface area (Å²) in [5.74, 6) is 0.428. The fourth-order valence-corrected chi connectivity index (χ4v) is 2.30. The topological polar surface area (TPSA) is 47.6 Å². The van der Waals surface area contributed by atoms with Gasteiger partial charge in [0, 0.05) is 0 Å². The van der Waals surface area contributed by atoms with Gasteiger partial charge in [0.15, 0.2) is 5.06 Å². The lowest BCUT2D eigenvalue weighted by molar-refractivity contribution is 0.103. The first-order valence-electron chi connectivity index (χ1n) is 6.02. The second kappa shape index (κ2) is 6.77. The molecule has 0 saturated heterocycles. The minimum absolute atomic E-state index is 0.187. The van der Waals surface area contributed by atoms with Crippen LogP contribution in [0.25, 0.3) is 0 Å². The van der Waals surface area contributed by atoms with Gasteiger partial charge in [-0.05, 0) is 24.3 Å². The lowest BCUT2D eigenvalue weighted by Gasteiger charge is -2.10. The average Bonchev–Trinajstić information content (AvgIpc) is 2.95. The summed E-state index contributed by atoms with van der Waals surface area (Å²) in [6.07, 6.45) is 1.66. The van der Waals surface area contributed by atoms with E-state index in [1.165, 1.54) is 11.3 Å². The second-order valence-corrected chi connectivity index (χ2v) is 4.92. The minimum atomic E-state index is -0.187. The van der Waals surface area contributed by atoms with Crippen LogP contribution < -0.4 is 14.8 Å². The van der Waals surface area contributed by atoms with Crippen molar-refractivity contribution >= 4 is 22.9 Å². The molecule has 0 saturated carbocycles. The first-order chi connectivity index (χ1) is 9.74. The highest BCUT2D eigenvalue weighted by molar-refractivity contribution is 7.15. The van der Waals surface area contributed by atoms with Crippen molar-refractivity contribution in [3.8, 4) is 10.8 Å². The Morgan fingerprint density at radius 2 is 2.15 bits per heavy atom. The molecule has 0 fully saturated rings. The molecule has 0 atom stereocenters. The summed E-state index contributed by atoms with van der Waals surface area (Å²) in [7, 11) is 1.58. The SMILES string of the molecule is C=CCOc1ccccc1NC(=O)c1ccc(OC)s1. The van der Waals surface area contributed by atoms with Crippen LogP contribution in [0.5, 0.6) is 10.8 Å². The molecule has 1 aromatic heterocycles. The Morgan fingerprint density at radius 1 is 1.35 bits per heavy atom. The molecule has 1 N–H and O–H groups in total. The summed E-state index contributed by atoms with van der Waals surface area (Å²) in [6.45, 7) is 3.99. The van der Waals surface area contributed by atoms with E-state index in [0.717, 1.165) is 0 Å². The number of hydrogen-bond donors (Lipinski definition) is 1. The number of ether oxygens (including phenoxy) is 2. The number of thiophene rings is 1. The maximum absolute atomic E-state index is 12.1. The van der Waals surface area contributed by atoms with Crippen molar-refractivity contribution in [2.45, 2.75) is 0 Å². The Morgan fingerprint density at radius 3 is 2.85 bits per heavy atom. The van der Waals surface area contributed by atoms with E-state index in [9.17, 15) is 4.79 Å². The monoisotopic (exact) mass is 289 g/mol. The summed E-state index contributed by atoms with van der Waals surface area (Å²) >= 11 is 1.29. The molecule has 2 aromatic rings. The maximum Gasteiger partial charge on any atom is 0.265 e. The molecule has 5 heteroatoms. The van der Waals surface area contributed by atoms with Crippen LogP contribution in [-0.4, -0.2) is 19.6 Å². The van der Waals surface area contributed by atoms with Gasteiger partial charge in [-0.3, -0.25) is 4.79 Å². The molecule has 104 valence electrons. The molecule has 1 amide bonds. The molecule has 0 aliphatic carbocycles. The summed E-state index contributed by atoms with van der Waals surface area (Å²) in [5, 5.41) is 3.53. The summed E-state index contributed by atoms with van der Waals surface area (Å²) in [5.41, 5.74) is 0.631. The third kappa shape index (κ3) is 3.39. The molecular formula is C15H15NO3S. The van der Waals surface area contributed by atoms with Gasteiger partial charge in [-0.15, -0.1) is 0 Å². The van der Waals surface area contributed by atoms with E-state index < -0.39 is 0 Å². The number of hydrogen-bond acceptors (Lipinski definition) is 4. The smallest absolute Gasteiger partial charge is 0.265 e. The van der Waals surface area contributed by atoms with E-state index in [0.29, 0.717) is 28.0 Å². The third-order valence-corrected chi connectivity index (χ3v) is 3.54. The summed E-state index contributed by atoms with van der Waals surface area (Å²) in [4.78, 5) is 12.7. The molecule has 2 rings (SSSR count). The molecule has 1 aromatic carbocycles. The van der Waals surface area contributed by atoms with Crippen LogP contribution in [0.2, 0.25) is 0 Å². The van der Waals surface area contributed by atoms with E-state index in [1.54, 1.807) is 37.5 Å². The number of methoxy groups -OCH3 is 1. The van der Waals surface area contributed by atoms with Crippen molar-refractivity contribution in [1.82, 2.24) is 0 Å². The van der Waals surface area contributed by atoms with Gasteiger partial charge in [0.05, 0.1) is 17.7 Å². The van der Waals surface area contributed by atoms with Gasteiger partial charge < -0.3 is 14.8 Å². The second-order valence-electron chi connectivity index (χ2n) is 3.87. The van der Waals surface area contributed by atoms with E-state index in [1.807, 2.05) is 12.1 Å². The molecule has 0 aliphatic rings. The average molecular weight is 289 g/mol. The Bertz CT molecular complexity index is 607. The highest BCUT2D eigenvalue weighted by atomic mass is 32.1. The van der Waals surface area contributed by atoms with Gasteiger partial charge in [0.2, 0.25) is 0 Å². The number of nitrogens with one attached hydrogen (secondary N) is 1. The van der Waals surface area contributed by atoms with Crippen LogP contribution in [0.15, 0.2) is 49.1 Å². The highest BCUT2D eigenvalue weighted by Gasteiger charge is 2.12. The zero-order valence-electron chi connectivity index (χ0n) is 11.1. The lowest BCUT2D eigenvalue weighted by Crippen LogP contribution is -2.11. The van der Waals surface area contributed by atoms with Crippen LogP contribution in [0.3, 0.4) is 0 Å². The number of carbonyl (C=O) groups is 1. The van der Waals surface area contributed by atoms with Gasteiger partial charge in [-0.2, -0.15) is 0 Å². The predicted octanol–water partition coefficient (Wildman–Crippen LogP) is 3.57. The number of anilines is 1. The third-order valence-electron chi connectivity index (χ3n) is 2.50. The van der Waals surface area contributed by atoms with Crippen molar-refractivity contribution < 1.29 is 14.3 Å². The summed E-state index contributed by atoms with van der Waals surface area (Å²) < 4.78 is 10.6. The van der Waals surface area contributed by atoms with Gasteiger partial charge in [0.1, 0.15) is 12.4 Å². The number of carbonyl (C=O) groups excluding carboxylic acids is 1. The molecule has 0 aliphatic heterocycles. The van der Waals surface area contributed by atoms with Crippen molar-refractivity contribution in [3.05, 3.63) is 53.9 Å². The zero-order valence-corrected chi connectivity index (χ0v) is 11.9. The van der Waals surface area contributed by atoms with Crippen LogP contribution in [-0.2, 0) is 0 Å². The van der Waals surface area contributed by atoms with Gasteiger partial charge in [-0.1, -0.05) is 36.1 Å². The Balaban J connectivity index is 2.12. The molecule has 0 radical (unpaired) electrons. The van der Waals surface area contributed by atoms with E-state index in [-0.39, 0.29) is 5.91 Å². The van der Waals surface area contributed by atoms with E-state index in [4.69, 9.17) is 9.47 Å². The van der Waals surface area contributed by atoms with Gasteiger partial charge >= 0.3 is 0 Å². The Labute approximate surface area is 121 Å². The number of para-hydroxylation sites is 2. The fraction of sp³-hybridized carbons (Fsp3) is 0.133. The summed E-state index contributed by atoms with van der Waals surface area (Å²) in [6, 6.07) is 10.8. The number of benzene rings is 1. The molecule has 4 nitrogen and oxygen atoms in total. The Kier molecular flexibility index (Phi) is 4.79. The van der Waals surface area contributed by atoms with E-state index in [2.05, 4.69) is 11.9 Å². The van der Waals surface area contributed by atoms with Gasteiger partial charge in [0.25, 0.3) is 5.91 Å². The quantitative estimate of drug-likeness (QED) is 0.827. The van der Waals surface area contributed by atoms with E-state index >= 15 is 0 Å². The molecular weight excluding hydrogens is 274 g/mol. The van der Waals surface area contributed by atoms with Crippen molar-refractivity contribution in [3.63, 3.8) is 0 Å². The largest absolute Gasteiger partial charge is 0.487 e. The van der Waals surface area contributed by atoms with Crippen molar-refractivity contribution in [2.24, 2.45) is 0 Å². The lowest BCUT2D eigenvalue weighted by atomic mass is 10.3. The van der Waals surface area contributed by atoms with Crippen LogP contribution >= 0.6 is 11.3 Å². The van der Waals surface area contributed by atoms with Crippen LogP contribution in [0, 0.1) is 0 Å². The highest BCUT2D eigenvalue weighted by Crippen LogP contribution is 2.27. The van der Waals surface area contributed by atoms with Crippen molar-refractivity contribution in [2.75, 3.05) is 19.0 Å². The normalized spacial score (nSPS) is 9.85. The number of amides is 1.